The first-order valence-electron chi connectivity index (χ1n) is 7.99. The van der Waals surface area contributed by atoms with Gasteiger partial charge in [0.2, 0.25) is 0 Å². The average Bonchev–Trinajstić information content (AvgIpc) is 3.12. The highest BCUT2D eigenvalue weighted by Crippen LogP contribution is 2.32. The van der Waals surface area contributed by atoms with Crippen molar-refractivity contribution in [1.29, 1.82) is 0 Å². The molecule has 0 aliphatic heterocycles. The average molecular weight is 345 g/mol. The van der Waals surface area contributed by atoms with E-state index in [9.17, 15) is 9.90 Å². The third kappa shape index (κ3) is 2.67. The summed E-state index contributed by atoms with van der Waals surface area (Å²) in [6.07, 6.45) is 0. The van der Waals surface area contributed by atoms with E-state index in [0.717, 1.165) is 11.1 Å². The van der Waals surface area contributed by atoms with Gasteiger partial charge in [-0.15, -0.1) is 0 Å². The largest absolute Gasteiger partial charge is 0.497 e. The first-order valence-corrected chi connectivity index (χ1v) is 7.99. The van der Waals surface area contributed by atoms with Crippen molar-refractivity contribution < 1.29 is 14.6 Å². The van der Waals surface area contributed by atoms with E-state index in [4.69, 9.17) is 4.74 Å². The molecule has 2 heterocycles. The van der Waals surface area contributed by atoms with E-state index < -0.39 is 5.97 Å². The van der Waals surface area contributed by atoms with Crippen LogP contribution in [0.25, 0.3) is 33.5 Å². The minimum Gasteiger partial charge on any atom is -0.497 e. The van der Waals surface area contributed by atoms with E-state index >= 15 is 0 Å². The van der Waals surface area contributed by atoms with Crippen LogP contribution >= 0.6 is 0 Å². The van der Waals surface area contributed by atoms with Gasteiger partial charge in [0.1, 0.15) is 5.75 Å². The molecule has 0 saturated heterocycles. The van der Waals surface area contributed by atoms with Crippen molar-refractivity contribution in [3.63, 3.8) is 0 Å². The molecule has 0 bridgehead atoms. The van der Waals surface area contributed by atoms with Gasteiger partial charge >= 0.3 is 5.97 Å². The van der Waals surface area contributed by atoms with Gasteiger partial charge in [-0.25, -0.2) is 9.78 Å². The number of carboxylic acids is 1. The zero-order valence-electron chi connectivity index (χ0n) is 13.9. The van der Waals surface area contributed by atoms with Crippen molar-refractivity contribution >= 4 is 17.0 Å². The molecule has 6 nitrogen and oxygen atoms in total. The van der Waals surface area contributed by atoms with Crippen LogP contribution in [0, 0.1) is 0 Å². The topological polar surface area (TPSA) is 88.1 Å². The maximum absolute atomic E-state index is 11.9. The van der Waals surface area contributed by atoms with Crippen LogP contribution in [-0.2, 0) is 0 Å². The molecule has 26 heavy (non-hydrogen) atoms. The highest BCUT2D eigenvalue weighted by atomic mass is 16.5. The summed E-state index contributed by atoms with van der Waals surface area (Å²) in [5.74, 6) is -0.353. The first-order chi connectivity index (χ1) is 12.7. The van der Waals surface area contributed by atoms with Crippen LogP contribution in [-0.4, -0.2) is 33.4 Å². The van der Waals surface area contributed by atoms with Gasteiger partial charge in [0, 0.05) is 11.1 Å². The van der Waals surface area contributed by atoms with Gasteiger partial charge in [0.15, 0.2) is 5.65 Å². The Balaban J connectivity index is 1.95. The predicted octanol–water partition coefficient (Wildman–Crippen LogP) is 4.00. The highest BCUT2D eigenvalue weighted by molar-refractivity contribution is 6.08. The summed E-state index contributed by atoms with van der Waals surface area (Å²) in [5.41, 5.74) is 3.30. The molecule has 4 rings (SSSR count). The van der Waals surface area contributed by atoms with Gasteiger partial charge < -0.3 is 9.84 Å². The second kappa shape index (κ2) is 6.33. The number of aromatic amines is 1. The molecule has 0 saturated carbocycles. The number of ether oxygens (including phenoxy) is 1. The van der Waals surface area contributed by atoms with E-state index in [-0.39, 0.29) is 5.56 Å². The number of nitrogens with zero attached hydrogens (tertiary/aromatic N) is 2. The quantitative estimate of drug-likeness (QED) is 0.584. The second-order valence-corrected chi connectivity index (χ2v) is 5.76. The summed E-state index contributed by atoms with van der Waals surface area (Å²) >= 11 is 0. The minimum atomic E-state index is -1.03. The SMILES string of the molecule is COc1cccc(-c2cc(C(=O)O)c3c(-c4ccccc4)[nH]nc3n2)c1. The first kappa shape index (κ1) is 15.8. The number of fused-ring (bicyclic) bond motifs is 1. The maximum atomic E-state index is 11.9. The van der Waals surface area contributed by atoms with Crippen LogP contribution in [0.1, 0.15) is 10.4 Å². The molecular formula is C20H15N3O3. The Morgan fingerprint density at radius 1 is 1.04 bits per heavy atom. The molecule has 2 N–H and O–H groups in total. The fourth-order valence-corrected chi connectivity index (χ4v) is 2.94. The molecule has 0 aliphatic carbocycles. The number of carboxylic acid groups (broad SMARTS) is 1. The van der Waals surface area contributed by atoms with Crippen LogP contribution in [0.3, 0.4) is 0 Å². The van der Waals surface area contributed by atoms with Crippen LogP contribution in [0.2, 0.25) is 0 Å². The molecule has 6 heteroatoms. The molecule has 2 aromatic carbocycles. The Hall–Kier alpha value is -3.67. The number of methoxy groups -OCH3 is 1. The van der Waals surface area contributed by atoms with Gasteiger partial charge in [-0.05, 0) is 18.2 Å². The standard InChI is InChI=1S/C20H15N3O3/c1-26-14-9-5-8-13(10-14)16-11-15(20(24)25)17-18(22-23-19(17)21-16)12-6-3-2-4-7-12/h2-11H,1H3,(H,24,25)(H,21,22,23). The van der Waals surface area contributed by atoms with Gasteiger partial charge in [-0.1, -0.05) is 42.5 Å². The van der Waals surface area contributed by atoms with Crippen LogP contribution < -0.4 is 4.74 Å². The molecule has 0 amide bonds. The van der Waals surface area contributed by atoms with Crippen molar-refractivity contribution in [1.82, 2.24) is 15.2 Å². The monoisotopic (exact) mass is 345 g/mol. The normalized spacial score (nSPS) is 10.8. The lowest BCUT2D eigenvalue weighted by Crippen LogP contribution is -2.00. The zero-order valence-corrected chi connectivity index (χ0v) is 13.9. The minimum absolute atomic E-state index is 0.153. The molecule has 0 fully saturated rings. The molecule has 0 unspecified atom stereocenters. The molecule has 0 aliphatic rings. The van der Waals surface area contributed by atoms with Gasteiger partial charge in [-0.3, -0.25) is 5.10 Å². The summed E-state index contributed by atoms with van der Waals surface area (Å²) in [7, 11) is 1.58. The number of hydrogen-bond donors (Lipinski definition) is 2. The lowest BCUT2D eigenvalue weighted by molar-refractivity contribution is 0.0699. The summed E-state index contributed by atoms with van der Waals surface area (Å²) < 4.78 is 5.24. The zero-order chi connectivity index (χ0) is 18.1. The van der Waals surface area contributed by atoms with E-state index in [1.54, 1.807) is 13.2 Å². The van der Waals surface area contributed by atoms with Crippen LogP contribution in [0.5, 0.6) is 5.75 Å². The molecule has 0 radical (unpaired) electrons. The smallest absolute Gasteiger partial charge is 0.336 e. The van der Waals surface area contributed by atoms with Gasteiger partial charge in [0.25, 0.3) is 0 Å². The van der Waals surface area contributed by atoms with Crippen molar-refractivity contribution in [2.75, 3.05) is 7.11 Å². The fraction of sp³-hybridized carbons (Fsp3) is 0.0500. The Morgan fingerprint density at radius 2 is 1.81 bits per heavy atom. The summed E-state index contributed by atoms with van der Waals surface area (Å²) in [4.78, 5) is 16.5. The van der Waals surface area contributed by atoms with Crippen molar-refractivity contribution in [2.24, 2.45) is 0 Å². The Labute approximate surface area is 149 Å². The Kier molecular flexibility index (Phi) is 3.85. The molecule has 0 atom stereocenters. The van der Waals surface area contributed by atoms with E-state index in [1.807, 2.05) is 54.6 Å². The predicted molar refractivity (Wildman–Crippen MR) is 98.3 cm³/mol. The van der Waals surface area contributed by atoms with Crippen LogP contribution in [0.4, 0.5) is 0 Å². The number of hydrogen-bond acceptors (Lipinski definition) is 4. The third-order valence-corrected chi connectivity index (χ3v) is 4.18. The van der Waals surface area contributed by atoms with Crippen molar-refractivity contribution in [3.8, 4) is 28.3 Å². The van der Waals surface area contributed by atoms with E-state index in [1.165, 1.54) is 0 Å². The molecule has 128 valence electrons. The summed E-state index contributed by atoms with van der Waals surface area (Å²) in [6, 6.07) is 18.4. The second-order valence-electron chi connectivity index (χ2n) is 5.76. The lowest BCUT2D eigenvalue weighted by Gasteiger charge is -2.07. The molecule has 2 aromatic heterocycles. The van der Waals surface area contributed by atoms with Gasteiger partial charge in [0.05, 0.1) is 29.4 Å². The number of aromatic nitrogens is 3. The van der Waals surface area contributed by atoms with Crippen molar-refractivity contribution in [3.05, 3.63) is 66.2 Å². The molecule has 0 spiro atoms. The number of nitrogens with one attached hydrogen (secondary N) is 1. The summed E-state index contributed by atoms with van der Waals surface area (Å²) in [5, 5.41) is 17.4. The van der Waals surface area contributed by atoms with Crippen LogP contribution in [0.15, 0.2) is 60.7 Å². The van der Waals surface area contributed by atoms with Crippen molar-refractivity contribution in [2.45, 2.75) is 0 Å². The van der Waals surface area contributed by atoms with E-state index in [0.29, 0.717) is 28.2 Å². The number of carbonyl (C=O) groups is 1. The Morgan fingerprint density at radius 3 is 2.54 bits per heavy atom. The fourth-order valence-electron chi connectivity index (χ4n) is 2.94. The lowest BCUT2D eigenvalue weighted by atomic mass is 10.0. The number of rotatable bonds is 4. The van der Waals surface area contributed by atoms with E-state index in [2.05, 4.69) is 15.2 Å². The number of benzene rings is 2. The number of aromatic carboxylic acids is 1. The molecule has 4 aromatic rings. The summed E-state index contributed by atoms with van der Waals surface area (Å²) in [6.45, 7) is 0. The Bertz CT molecular complexity index is 1100. The number of H-pyrrole nitrogens is 1. The highest BCUT2D eigenvalue weighted by Gasteiger charge is 2.19. The maximum Gasteiger partial charge on any atom is 0.336 e. The van der Waals surface area contributed by atoms with Gasteiger partial charge in [-0.2, -0.15) is 5.10 Å². The molecular weight excluding hydrogens is 330 g/mol. The third-order valence-electron chi connectivity index (χ3n) is 4.18. The number of pyridine rings is 1.